The van der Waals surface area contributed by atoms with Gasteiger partial charge in [-0.25, -0.2) is 4.39 Å². The fourth-order valence-corrected chi connectivity index (χ4v) is 3.08. The first-order valence-corrected chi connectivity index (χ1v) is 7.20. The van der Waals surface area contributed by atoms with Gasteiger partial charge in [-0.2, -0.15) is 0 Å². The molecule has 17 heavy (non-hydrogen) atoms. The number of rotatable bonds is 4. The number of halogens is 2. The lowest BCUT2D eigenvalue weighted by atomic mass is 9.93. The van der Waals surface area contributed by atoms with Gasteiger partial charge in [-0.05, 0) is 49.6 Å². The van der Waals surface area contributed by atoms with Gasteiger partial charge < -0.3 is 5.32 Å². The first-order chi connectivity index (χ1) is 8.22. The van der Waals surface area contributed by atoms with Crippen LogP contribution in [0.3, 0.4) is 0 Å². The second kappa shape index (κ2) is 5.96. The largest absolute Gasteiger partial charge is 0.313 e. The van der Waals surface area contributed by atoms with E-state index in [0.717, 1.165) is 35.8 Å². The van der Waals surface area contributed by atoms with Crippen molar-refractivity contribution in [3.05, 3.63) is 34.1 Å². The van der Waals surface area contributed by atoms with E-state index in [9.17, 15) is 4.39 Å². The first-order valence-electron chi connectivity index (χ1n) is 6.40. The monoisotopic (exact) mass is 299 g/mol. The van der Waals surface area contributed by atoms with Crippen LogP contribution in [0.15, 0.2) is 22.7 Å². The Morgan fingerprint density at radius 1 is 1.41 bits per heavy atom. The maximum Gasteiger partial charge on any atom is 0.126 e. The molecule has 0 aliphatic heterocycles. The number of benzene rings is 1. The summed E-state index contributed by atoms with van der Waals surface area (Å²) in [6.07, 6.45) is 4.58. The molecule has 1 aliphatic carbocycles. The number of hydrogen-bond acceptors (Lipinski definition) is 1. The molecule has 1 saturated carbocycles. The topological polar surface area (TPSA) is 12.0 Å². The zero-order valence-corrected chi connectivity index (χ0v) is 11.8. The molecule has 0 amide bonds. The summed E-state index contributed by atoms with van der Waals surface area (Å²) in [4.78, 5) is 0. The van der Waals surface area contributed by atoms with Crippen LogP contribution in [0.5, 0.6) is 0 Å². The second-order valence-electron chi connectivity index (χ2n) is 4.76. The summed E-state index contributed by atoms with van der Waals surface area (Å²) in [6, 6.07) is 5.71. The van der Waals surface area contributed by atoms with E-state index in [0.29, 0.717) is 12.0 Å². The Balaban J connectivity index is 2.16. The van der Waals surface area contributed by atoms with Crippen LogP contribution >= 0.6 is 15.9 Å². The van der Waals surface area contributed by atoms with Gasteiger partial charge in [-0.1, -0.05) is 29.3 Å². The number of hydrogen-bond donors (Lipinski definition) is 1. The standard InChI is InChI=1S/C14H19BrFN/c1-2-8-17-14-5-3-4-11(14)12-9-10(15)6-7-13(12)16/h6-7,9,11,14,17H,2-5,8H2,1H3. The quantitative estimate of drug-likeness (QED) is 0.877. The first kappa shape index (κ1) is 13.0. The minimum atomic E-state index is -0.0663. The summed E-state index contributed by atoms with van der Waals surface area (Å²) in [5, 5.41) is 3.54. The maximum atomic E-state index is 13.9. The molecule has 2 unspecified atom stereocenters. The van der Waals surface area contributed by atoms with Crippen molar-refractivity contribution in [2.24, 2.45) is 0 Å². The molecule has 94 valence electrons. The highest BCUT2D eigenvalue weighted by atomic mass is 79.9. The third kappa shape index (κ3) is 3.08. The minimum Gasteiger partial charge on any atom is -0.313 e. The fourth-order valence-electron chi connectivity index (χ4n) is 2.71. The average Bonchev–Trinajstić information content (AvgIpc) is 2.77. The van der Waals surface area contributed by atoms with E-state index >= 15 is 0 Å². The van der Waals surface area contributed by atoms with Crippen molar-refractivity contribution in [3.63, 3.8) is 0 Å². The van der Waals surface area contributed by atoms with E-state index in [1.54, 1.807) is 12.1 Å². The summed E-state index contributed by atoms with van der Waals surface area (Å²) in [5.74, 6) is 0.266. The predicted octanol–water partition coefficient (Wildman–Crippen LogP) is 4.22. The van der Waals surface area contributed by atoms with Gasteiger partial charge in [0.25, 0.3) is 0 Å². The Morgan fingerprint density at radius 3 is 3.00 bits per heavy atom. The molecule has 1 aliphatic rings. The molecule has 3 heteroatoms. The molecule has 2 atom stereocenters. The molecule has 1 aromatic rings. The van der Waals surface area contributed by atoms with E-state index in [1.165, 1.54) is 6.42 Å². The van der Waals surface area contributed by atoms with Crippen molar-refractivity contribution in [3.8, 4) is 0 Å². The Labute approximate surface area is 111 Å². The second-order valence-corrected chi connectivity index (χ2v) is 5.68. The SMILES string of the molecule is CCCNC1CCCC1c1cc(Br)ccc1F. The highest BCUT2D eigenvalue weighted by Crippen LogP contribution is 2.36. The molecule has 2 rings (SSSR count). The molecule has 0 radical (unpaired) electrons. The lowest BCUT2D eigenvalue weighted by Gasteiger charge is -2.22. The highest BCUT2D eigenvalue weighted by molar-refractivity contribution is 9.10. The summed E-state index contributed by atoms with van der Waals surface area (Å²) in [7, 11) is 0. The van der Waals surface area contributed by atoms with Gasteiger partial charge in [-0.15, -0.1) is 0 Å². The Morgan fingerprint density at radius 2 is 2.24 bits per heavy atom. The van der Waals surface area contributed by atoms with Crippen LogP contribution in [0, 0.1) is 5.82 Å². The van der Waals surface area contributed by atoms with E-state index in [4.69, 9.17) is 0 Å². The molecule has 1 nitrogen and oxygen atoms in total. The van der Waals surface area contributed by atoms with E-state index < -0.39 is 0 Å². The van der Waals surface area contributed by atoms with Gasteiger partial charge >= 0.3 is 0 Å². The van der Waals surface area contributed by atoms with Crippen molar-refractivity contribution >= 4 is 15.9 Å². The van der Waals surface area contributed by atoms with Crippen LogP contribution in [0.2, 0.25) is 0 Å². The average molecular weight is 300 g/mol. The molecule has 0 bridgehead atoms. The summed E-state index contributed by atoms with van der Waals surface area (Å²) >= 11 is 3.43. The van der Waals surface area contributed by atoms with Crippen LogP contribution < -0.4 is 5.32 Å². The van der Waals surface area contributed by atoms with E-state index in [1.807, 2.05) is 6.07 Å². The lowest BCUT2D eigenvalue weighted by molar-refractivity contribution is 0.464. The molecule has 1 aromatic carbocycles. The third-order valence-electron chi connectivity index (χ3n) is 3.53. The Hall–Kier alpha value is -0.410. The van der Waals surface area contributed by atoms with Crippen LogP contribution in [0.4, 0.5) is 4.39 Å². The van der Waals surface area contributed by atoms with Crippen molar-refractivity contribution in [1.29, 1.82) is 0 Å². The molecule has 1 N–H and O–H groups in total. The van der Waals surface area contributed by atoms with Gasteiger partial charge in [0.15, 0.2) is 0 Å². The maximum absolute atomic E-state index is 13.9. The van der Waals surface area contributed by atoms with Gasteiger partial charge in [0, 0.05) is 16.4 Å². The fraction of sp³-hybridized carbons (Fsp3) is 0.571. The van der Waals surface area contributed by atoms with Crippen LogP contribution in [0.25, 0.3) is 0 Å². The summed E-state index contributed by atoms with van der Waals surface area (Å²) < 4.78 is 14.8. The van der Waals surface area contributed by atoms with Crippen molar-refractivity contribution < 1.29 is 4.39 Å². The van der Waals surface area contributed by atoms with Crippen LogP contribution in [-0.4, -0.2) is 12.6 Å². The summed E-state index contributed by atoms with van der Waals surface area (Å²) in [6.45, 7) is 3.19. The van der Waals surface area contributed by atoms with Crippen LogP contribution in [0.1, 0.15) is 44.1 Å². The molecule has 1 fully saturated rings. The van der Waals surface area contributed by atoms with Crippen molar-refractivity contribution in [1.82, 2.24) is 5.32 Å². The molecule has 0 saturated heterocycles. The molecule has 0 spiro atoms. The molecule has 0 heterocycles. The van der Waals surface area contributed by atoms with Crippen LogP contribution in [-0.2, 0) is 0 Å². The minimum absolute atomic E-state index is 0.0663. The van der Waals surface area contributed by atoms with Gasteiger partial charge in [0.2, 0.25) is 0 Å². The van der Waals surface area contributed by atoms with Gasteiger partial charge in [-0.3, -0.25) is 0 Å². The zero-order valence-electron chi connectivity index (χ0n) is 10.2. The predicted molar refractivity (Wildman–Crippen MR) is 72.8 cm³/mol. The Kier molecular flexibility index (Phi) is 4.57. The number of nitrogens with one attached hydrogen (secondary N) is 1. The smallest absolute Gasteiger partial charge is 0.126 e. The van der Waals surface area contributed by atoms with Gasteiger partial charge in [0.05, 0.1) is 0 Å². The normalized spacial score (nSPS) is 24.2. The lowest BCUT2D eigenvalue weighted by Crippen LogP contribution is -2.32. The molecule has 0 aromatic heterocycles. The van der Waals surface area contributed by atoms with E-state index in [-0.39, 0.29) is 5.82 Å². The Bertz CT molecular complexity index is 380. The van der Waals surface area contributed by atoms with Gasteiger partial charge in [0.1, 0.15) is 5.82 Å². The third-order valence-corrected chi connectivity index (χ3v) is 4.02. The molecular formula is C14H19BrFN. The summed E-state index contributed by atoms with van der Waals surface area (Å²) in [5.41, 5.74) is 0.866. The van der Waals surface area contributed by atoms with Crippen molar-refractivity contribution in [2.75, 3.05) is 6.54 Å². The van der Waals surface area contributed by atoms with Crippen molar-refractivity contribution in [2.45, 2.75) is 44.6 Å². The molecular weight excluding hydrogens is 281 g/mol. The highest BCUT2D eigenvalue weighted by Gasteiger charge is 2.29. The zero-order chi connectivity index (χ0) is 12.3. The van der Waals surface area contributed by atoms with E-state index in [2.05, 4.69) is 28.2 Å².